The molecule has 2 fully saturated rings. The van der Waals surface area contributed by atoms with E-state index in [2.05, 4.69) is 26.1 Å². The van der Waals surface area contributed by atoms with Gasteiger partial charge in [0.2, 0.25) is 5.91 Å². The number of likely N-dealkylation sites (tertiary alicyclic amines) is 1. The molecule has 4 aromatic carbocycles. The number of carbonyl (C=O) groups excluding carboxylic acids is 3. The molecule has 54 heavy (non-hydrogen) atoms. The molecule has 10 nitrogen and oxygen atoms in total. The molecule has 3 aliphatic heterocycles. The van der Waals surface area contributed by atoms with E-state index in [-0.39, 0.29) is 42.7 Å². The quantitative estimate of drug-likeness (QED) is 0.176. The lowest BCUT2D eigenvalue weighted by molar-refractivity contribution is -0.150. The molecule has 3 heterocycles. The molecule has 0 radical (unpaired) electrons. The van der Waals surface area contributed by atoms with Crippen molar-refractivity contribution in [2.45, 2.75) is 69.7 Å². The Hall–Kier alpha value is -5.19. The zero-order valence-electron chi connectivity index (χ0n) is 31.6. The van der Waals surface area contributed by atoms with Crippen molar-refractivity contribution in [1.82, 2.24) is 4.90 Å². The number of carbonyl (C=O) groups is 3. The van der Waals surface area contributed by atoms with E-state index in [4.69, 9.17) is 14.2 Å². The fourth-order valence-electron chi connectivity index (χ4n) is 9.10. The van der Waals surface area contributed by atoms with Gasteiger partial charge in [0.15, 0.2) is 5.60 Å². The molecule has 10 heteroatoms. The van der Waals surface area contributed by atoms with E-state index >= 15 is 4.79 Å². The average molecular weight is 732 g/mol. The van der Waals surface area contributed by atoms with Gasteiger partial charge in [0, 0.05) is 35.2 Å². The monoisotopic (exact) mass is 731 g/mol. The number of methoxy groups -OCH3 is 2. The molecule has 4 aromatic rings. The molecular formula is C44H49N3O7. The summed E-state index contributed by atoms with van der Waals surface area (Å²) in [6.07, 6.45) is 0.993. The highest BCUT2D eigenvalue weighted by Gasteiger charge is 2.66. The summed E-state index contributed by atoms with van der Waals surface area (Å²) < 4.78 is 17.9. The molecule has 0 unspecified atom stereocenters. The smallest absolute Gasteiger partial charge is 0.264 e. The number of ether oxygens (including phenoxy) is 3. The number of rotatable bonds is 11. The second kappa shape index (κ2) is 14.9. The number of nitrogens with zero attached hydrogens (tertiary/aromatic N) is 2. The summed E-state index contributed by atoms with van der Waals surface area (Å²) in [5.41, 5.74) is 2.31. The second-order valence-corrected chi connectivity index (χ2v) is 15.2. The maximum absolute atomic E-state index is 15.3. The van der Waals surface area contributed by atoms with Crippen molar-refractivity contribution in [3.8, 4) is 11.5 Å². The molecule has 5 atom stereocenters. The minimum absolute atomic E-state index is 0.0576. The third-order valence-electron chi connectivity index (χ3n) is 11.9. The fourth-order valence-corrected chi connectivity index (χ4v) is 9.10. The van der Waals surface area contributed by atoms with Crippen LogP contribution >= 0.6 is 0 Å². The van der Waals surface area contributed by atoms with E-state index < -0.39 is 23.0 Å². The van der Waals surface area contributed by atoms with Gasteiger partial charge in [0.1, 0.15) is 11.5 Å². The van der Waals surface area contributed by atoms with Crippen molar-refractivity contribution in [1.29, 1.82) is 0 Å². The van der Waals surface area contributed by atoms with Crippen molar-refractivity contribution < 1.29 is 33.7 Å². The Morgan fingerprint density at radius 2 is 1.61 bits per heavy atom. The van der Waals surface area contributed by atoms with Crippen molar-refractivity contribution in [2.24, 2.45) is 11.8 Å². The van der Waals surface area contributed by atoms with E-state index in [1.165, 1.54) is 0 Å². The highest BCUT2D eigenvalue weighted by molar-refractivity contribution is 6.09. The third-order valence-corrected chi connectivity index (χ3v) is 11.9. The van der Waals surface area contributed by atoms with Gasteiger partial charge in [-0.25, -0.2) is 0 Å². The molecule has 2 N–H and O–H groups in total. The number of benzene rings is 4. The number of aliphatic hydroxyl groups excluding tert-OH is 1. The van der Waals surface area contributed by atoms with Crippen LogP contribution in [0.3, 0.4) is 0 Å². The van der Waals surface area contributed by atoms with Gasteiger partial charge in [-0.3, -0.25) is 14.4 Å². The van der Waals surface area contributed by atoms with Crippen LogP contribution in [0.25, 0.3) is 0 Å². The van der Waals surface area contributed by atoms with E-state index in [0.717, 1.165) is 29.7 Å². The van der Waals surface area contributed by atoms with Crippen LogP contribution in [0.4, 0.5) is 11.4 Å². The van der Waals surface area contributed by atoms with Crippen LogP contribution in [-0.2, 0) is 31.9 Å². The number of anilines is 2. The van der Waals surface area contributed by atoms with Crippen LogP contribution < -0.4 is 19.7 Å². The maximum atomic E-state index is 15.3. The Kier molecular flexibility index (Phi) is 10.3. The largest absolute Gasteiger partial charge is 0.497 e. The highest BCUT2D eigenvalue weighted by Crippen LogP contribution is 2.60. The molecular weight excluding hydrogens is 682 g/mol. The molecule has 282 valence electrons. The van der Waals surface area contributed by atoms with Gasteiger partial charge in [-0.15, -0.1) is 0 Å². The normalized spacial score (nSPS) is 23.5. The molecule has 0 aromatic heterocycles. The molecule has 0 saturated carbocycles. The Balaban J connectivity index is 1.32. The van der Waals surface area contributed by atoms with Gasteiger partial charge >= 0.3 is 0 Å². The predicted octanol–water partition coefficient (Wildman–Crippen LogP) is 6.70. The van der Waals surface area contributed by atoms with Crippen LogP contribution in [0.2, 0.25) is 0 Å². The maximum Gasteiger partial charge on any atom is 0.264 e. The van der Waals surface area contributed by atoms with Crippen LogP contribution in [-0.4, -0.2) is 67.2 Å². The SMILES string of the molecule is COc1ccc(C(=O)Nc2ccc3c(c2)[C@@]2(O[C@H](CC(=O)N4CCC[C@H]4CO)[C@@H](C(C)(C)c4ccc(OC)cc4)[C@@H]2C)C(=O)N3Cc2ccccc2)cc1. The number of aliphatic hydroxyl groups is 1. The molecule has 7 rings (SSSR count). The Bertz CT molecular complexity index is 2000. The Morgan fingerprint density at radius 3 is 2.26 bits per heavy atom. The van der Waals surface area contributed by atoms with Crippen molar-refractivity contribution >= 4 is 29.1 Å². The summed E-state index contributed by atoms with van der Waals surface area (Å²) in [7, 11) is 3.21. The van der Waals surface area contributed by atoms with E-state index in [1.54, 1.807) is 48.3 Å². The van der Waals surface area contributed by atoms with Gasteiger partial charge in [0.25, 0.3) is 11.8 Å². The van der Waals surface area contributed by atoms with Gasteiger partial charge in [-0.05, 0) is 84.0 Å². The van der Waals surface area contributed by atoms with Gasteiger partial charge < -0.3 is 34.4 Å². The number of fused-ring (bicyclic) bond motifs is 2. The summed E-state index contributed by atoms with van der Waals surface area (Å²) >= 11 is 0. The second-order valence-electron chi connectivity index (χ2n) is 15.2. The van der Waals surface area contributed by atoms with Gasteiger partial charge in [-0.1, -0.05) is 63.2 Å². The topological polar surface area (TPSA) is 118 Å². The molecule has 2 saturated heterocycles. The molecule has 0 bridgehead atoms. The summed E-state index contributed by atoms with van der Waals surface area (Å²) in [6, 6.07) is 30.0. The molecule has 1 spiro atoms. The Morgan fingerprint density at radius 1 is 0.944 bits per heavy atom. The fraction of sp³-hybridized carbons (Fsp3) is 0.386. The lowest BCUT2D eigenvalue weighted by Crippen LogP contribution is -2.46. The molecule has 3 aliphatic rings. The molecule has 3 amide bonds. The lowest BCUT2D eigenvalue weighted by atomic mass is 9.63. The number of nitrogens with one attached hydrogen (secondary N) is 1. The summed E-state index contributed by atoms with van der Waals surface area (Å²) in [5.74, 6) is 0.0835. The van der Waals surface area contributed by atoms with Crippen LogP contribution in [0.5, 0.6) is 11.5 Å². The first-order chi connectivity index (χ1) is 26.0. The number of amides is 3. The zero-order chi connectivity index (χ0) is 38.2. The predicted molar refractivity (Wildman–Crippen MR) is 207 cm³/mol. The van der Waals surface area contributed by atoms with E-state index in [9.17, 15) is 14.7 Å². The Labute approximate surface area is 317 Å². The molecule has 0 aliphatic carbocycles. The zero-order valence-corrected chi connectivity index (χ0v) is 31.6. The summed E-state index contributed by atoms with van der Waals surface area (Å²) in [5, 5.41) is 13.1. The van der Waals surface area contributed by atoms with Crippen molar-refractivity contribution in [3.05, 3.63) is 119 Å². The minimum Gasteiger partial charge on any atom is -0.497 e. The van der Waals surface area contributed by atoms with Crippen LogP contribution in [0.1, 0.15) is 67.1 Å². The van der Waals surface area contributed by atoms with Crippen LogP contribution in [0.15, 0.2) is 97.1 Å². The average Bonchev–Trinajstić information content (AvgIpc) is 3.85. The van der Waals surface area contributed by atoms with Crippen molar-refractivity contribution in [2.75, 3.05) is 37.6 Å². The van der Waals surface area contributed by atoms with E-state index in [0.29, 0.717) is 41.3 Å². The van der Waals surface area contributed by atoms with Crippen molar-refractivity contribution in [3.63, 3.8) is 0 Å². The van der Waals surface area contributed by atoms with Gasteiger partial charge in [0.05, 0.1) is 51.6 Å². The third kappa shape index (κ3) is 6.51. The highest BCUT2D eigenvalue weighted by atomic mass is 16.5. The summed E-state index contributed by atoms with van der Waals surface area (Å²) in [6.45, 7) is 7.16. The van der Waals surface area contributed by atoms with Gasteiger partial charge in [-0.2, -0.15) is 0 Å². The van der Waals surface area contributed by atoms with Crippen LogP contribution in [0, 0.1) is 11.8 Å². The first-order valence-electron chi connectivity index (χ1n) is 18.7. The van der Waals surface area contributed by atoms with E-state index in [1.807, 2.05) is 72.8 Å². The minimum atomic E-state index is -1.45. The standard InChI is InChI=1S/C44H49N3O7/c1-28-40(43(2,3)31-15-20-35(53-5)21-16-31)38(25-39(49)46-23-9-12-33(46)27-48)54-44(28)36-24-32(45-41(50)30-13-18-34(52-4)19-14-30)17-22-37(36)47(42(44)51)26-29-10-7-6-8-11-29/h6-8,10-11,13-22,24,28,33,38,40,48H,9,12,23,25-27H2,1-5H3,(H,45,50)/t28-,33-,38+,40-,44+/m0/s1. The number of hydrogen-bond acceptors (Lipinski definition) is 7. The first-order valence-corrected chi connectivity index (χ1v) is 18.7. The number of hydrogen-bond donors (Lipinski definition) is 2. The lowest BCUT2D eigenvalue weighted by Gasteiger charge is -2.39. The summed E-state index contributed by atoms with van der Waals surface area (Å²) in [4.78, 5) is 46.4. The first kappa shape index (κ1) is 37.1.